The average molecular weight is 243 g/mol. The van der Waals surface area contributed by atoms with E-state index in [0.717, 1.165) is 26.2 Å². The number of carbonyl (C=O) groups is 1. The predicted molar refractivity (Wildman–Crippen MR) is 63.7 cm³/mol. The number of aliphatic carboxylic acids is 1. The molecule has 15 heavy (non-hydrogen) atoms. The van der Waals surface area contributed by atoms with Gasteiger partial charge < -0.3 is 5.11 Å². The summed E-state index contributed by atoms with van der Waals surface area (Å²) in [6.45, 7) is 7.62. The van der Waals surface area contributed by atoms with E-state index in [1.54, 1.807) is 11.8 Å². The molecule has 0 unspecified atom stereocenters. The van der Waals surface area contributed by atoms with Crippen LogP contribution in [0.25, 0.3) is 0 Å². The number of hydrogen-bond donors (Lipinski definition) is 1. The molecule has 1 aromatic heterocycles. The third-order valence-electron chi connectivity index (χ3n) is 1.63. The summed E-state index contributed by atoms with van der Waals surface area (Å²) in [5, 5.41) is 8.68. The van der Waals surface area contributed by atoms with Gasteiger partial charge in [0.15, 0.2) is 4.34 Å². The smallest absolute Gasteiger partial charge is 0.308 e. The minimum Gasteiger partial charge on any atom is -0.481 e. The van der Waals surface area contributed by atoms with Crippen molar-refractivity contribution in [2.24, 2.45) is 0 Å². The van der Waals surface area contributed by atoms with E-state index in [9.17, 15) is 4.79 Å². The van der Waals surface area contributed by atoms with Crippen molar-refractivity contribution in [3.8, 4) is 0 Å². The molecule has 1 heterocycles. The van der Waals surface area contributed by atoms with Gasteiger partial charge in [-0.05, 0) is 13.8 Å². The standard InChI is InChI=1S/C10H13NO2S2/c1-6(2)5-14-10-11-7(3)8(15-10)4-9(12)13/h1,4-5H2,2-3H3,(H,12,13). The molecule has 0 atom stereocenters. The Labute approximate surface area is 97.2 Å². The van der Waals surface area contributed by atoms with Crippen molar-refractivity contribution >= 4 is 29.1 Å². The molecular weight excluding hydrogens is 230 g/mol. The number of hydrogen-bond acceptors (Lipinski definition) is 4. The van der Waals surface area contributed by atoms with E-state index in [4.69, 9.17) is 5.11 Å². The van der Waals surface area contributed by atoms with Crippen LogP contribution < -0.4 is 0 Å². The summed E-state index contributed by atoms with van der Waals surface area (Å²) < 4.78 is 0.923. The quantitative estimate of drug-likeness (QED) is 0.638. The predicted octanol–water partition coefficient (Wildman–Crippen LogP) is 2.75. The fourth-order valence-corrected chi connectivity index (χ4v) is 3.02. The molecule has 82 valence electrons. The zero-order chi connectivity index (χ0) is 11.4. The molecule has 0 aliphatic rings. The van der Waals surface area contributed by atoms with Crippen molar-refractivity contribution in [1.82, 2.24) is 4.98 Å². The Morgan fingerprint density at radius 1 is 1.67 bits per heavy atom. The van der Waals surface area contributed by atoms with Gasteiger partial charge in [-0.25, -0.2) is 4.98 Å². The van der Waals surface area contributed by atoms with Gasteiger partial charge in [-0.15, -0.1) is 11.3 Å². The lowest BCUT2D eigenvalue weighted by Crippen LogP contribution is -1.99. The van der Waals surface area contributed by atoms with E-state index in [2.05, 4.69) is 11.6 Å². The number of thiazole rings is 1. The summed E-state index contributed by atoms with van der Waals surface area (Å²) >= 11 is 3.07. The second kappa shape index (κ2) is 5.32. The second-order valence-corrected chi connectivity index (χ2v) is 5.61. The first kappa shape index (κ1) is 12.3. The van der Waals surface area contributed by atoms with Crippen molar-refractivity contribution in [1.29, 1.82) is 0 Å². The van der Waals surface area contributed by atoms with E-state index in [-0.39, 0.29) is 6.42 Å². The van der Waals surface area contributed by atoms with Gasteiger partial charge in [0.25, 0.3) is 0 Å². The minimum atomic E-state index is -0.807. The maximum atomic E-state index is 10.6. The normalized spacial score (nSPS) is 10.3. The SMILES string of the molecule is C=C(C)CSc1nc(C)c(CC(=O)O)s1. The van der Waals surface area contributed by atoms with Gasteiger partial charge in [0.05, 0.1) is 12.1 Å². The fraction of sp³-hybridized carbons (Fsp3) is 0.400. The highest BCUT2D eigenvalue weighted by atomic mass is 32.2. The fourth-order valence-electron chi connectivity index (χ4n) is 0.949. The zero-order valence-corrected chi connectivity index (χ0v) is 10.4. The zero-order valence-electron chi connectivity index (χ0n) is 8.74. The number of carboxylic acid groups (broad SMARTS) is 1. The molecule has 1 aromatic rings. The van der Waals surface area contributed by atoms with Crippen molar-refractivity contribution in [3.63, 3.8) is 0 Å². The maximum absolute atomic E-state index is 10.6. The lowest BCUT2D eigenvalue weighted by atomic mass is 10.3. The van der Waals surface area contributed by atoms with Gasteiger partial charge in [0, 0.05) is 10.6 Å². The van der Waals surface area contributed by atoms with Crippen LogP contribution in [-0.4, -0.2) is 21.8 Å². The van der Waals surface area contributed by atoms with Gasteiger partial charge in [-0.1, -0.05) is 23.9 Å². The molecule has 1 rings (SSSR count). The molecule has 0 saturated heterocycles. The van der Waals surface area contributed by atoms with Crippen molar-refractivity contribution in [2.75, 3.05) is 5.75 Å². The van der Waals surface area contributed by atoms with Gasteiger partial charge in [-0.2, -0.15) is 0 Å². The van der Waals surface area contributed by atoms with E-state index in [1.165, 1.54) is 11.3 Å². The Morgan fingerprint density at radius 2 is 2.33 bits per heavy atom. The van der Waals surface area contributed by atoms with Crippen LogP contribution in [0.1, 0.15) is 17.5 Å². The Morgan fingerprint density at radius 3 is 2.87 bits per heavy atom. The molecule has 0 radical (unpaired) electrons. The monoisotopic (exact) mass is 243 g/mol. The lowest BCUT2D eigenvalue weighted by Gasteiger charge is -1.93. The van der Waals surface area contributed by atoms with Gasteiger partial charge in [0.1, 0.15) is 0 Å². The number of nitrogens with zero attached hydrogens (tertiary/aromatic N) is 1. The molecule has 3 nitrogen and oxygen atoms in total. The summed E-state index contributed by atoms with van der Waals surface area (Å²) in [7, 11) is 0. The van der Waals surface area contributed by atoms with Crippen LogP contribution in [0, 0.1) is 6.92 Å². The number of aryl methyl sites for hydroxylation is 1. The van der Waals surface area contributed by atoms with Gasteiger partial charge in [0.2, 0.25) is 0 Å². The van der Waals surface area contributed by atoms with Crippen LogP contribution in [0.5, 0.6) is 0 Å². The molecule has 0 amide bonds. The second-order valence-electron chi connectivity index (χ2n) is 3.30. The number of rotatable bonds is 5. The highest BCUT2D eigenvalue weighted by Crippen LogP contribution is 2.28. The Balaban J connectivity index is 2.68. The largest absolute Gasteiger partial charge is 0.481 e. The highest BCUT2D eigenvalue weighted by Gasteiger charge is 2.10. The van der Waals surface area contributed by atoms with Crippen molar-refractivity contribution < 1.29 is 9.90 Å². The summed E-state index contributed by atoms with van der Waals surface area (Å²) in [5.41, 5.74) is 1.92. The van der Waals surface area contributed by atoms with Crippen LogP contribution in [0.3, 0.4) is 0 Å². The molecule has 0 aliphatic heterocycles. The summed E-state index contributed by atoms with van der Waals surface area (Å²) in [4.78, 5) is 15.7. The average Bonchev–Trinajstić information content (AvgIpc) is 2.43. The van der Waals surface area contributed by atoms with Crippen LogP contribution in [0.4, 0.5) is 0 Å². The van der Waals surface area contributed by atoms with Crippen LogP contribution >= 0.6 is 23.1 Å². The molecule has 1 N–H and O–H groups in total. The van der Waals surface area contributed by atoms with Crippen LogP contribution in [0.15, 0.2) is 16.5 Å². The number of carboxylic acids is 1. The number of thioether (sulfide) groups is 1. The lowest BCUT2D eigenvalue weighted by molar-refractivity contribution is -0.136. The molecule has 0 fully saturated rings. The Bertz CT molecular complexity index is 385. The summed E-state index contributed by atoms with van der Waals surface area (Å²) in [5.74, 6) is 0.0256. The van der Waals surface area contributed by atoms with E-state index < -0.39 is 5.97 Å². The summed E-state index contributed by atoms with van der Waals surface area (Å²) in [6.07, 6.45) is 0.0666. The molecule has 5 heteroatoms. The number of aromatic nitrogens is 1. The third-order valence-corrected chi connectivity index (χ3v) is 4.16. The Kier molecular flexibility index (Phi) is 4.35. The molecular formula is C10H13NO2S2. The molecule has 0 bridgehead atoms. The minimum absolute atomic E-state index is 0.0666. The summed E-state index contributed by atoms with van der Waals surface area (Å²) in [6, 6.07) is 0. The van der Waals surface area contributed by atoms with Crippen LogP contribution in [-0.2, 0) is 11.2 Å². The molecule has 0 spiro atoms. The topological polar surface area (TPSA) is 50.2 Å². The molecule has 0 aromatic carbocycles. The van der Waals surface area contributed by atoms with Crippen molar-refractivity contribution in [3.05, 3.63) is 22.7 Å². The van der Waals surface area contributed by atoms with E-state index >= 15 is 0 Å². The highest BCUT2D eigenvalue weighted by molar-refractivity contribution is 8.01. The van der Waals surface area contributed by atoms with Gasteiger partial charge in [-0.3, -0.25) is 4.79 Å². The molecule has 0 aliphatic carbocycles. The van der Waals surface area contributed by atoms with E-state index in [0.29, 0.717) is 0 Å². The van der Waals surface area contributed by atoms with Crippen LogP contribution in [0.2, 0.25) is 0 Å². The first-order valence-corrected chi connectivity index (χ1v) is 6.24. The molecule has 0 saturated carbocycles. The maximum Gasteiger partial charge on any atom is 0.308 e. The first-order chi connectivity index (χ1) is 6.99. The first-order valence-electron chi connectivity index (χ1n) is 4.44. The Hall–Kier alpha value is -0.810. The van der Waals surface area contributed by atoms with Gasteiger partial charge >= 0.3 is 5.97 Å². The third kappa shape index (κ3) is 4.05. The van der Waals surface area contributed by atoms with Crippen molar-refractivity contribution in [2.45, 2.75) is 24.6 Å². The van der Waals surface area contributed by atoms with E-state index in [1.807, 2.05) is 13.8 Å².